The van der Waals surface area contributed by atoms with E-state index < -0.39 is 10.1 Å². The molecule has 112 valence electrons. The van der Waals surface area contributed by atoms with Gasteiger partial charge in [-0.05, 0) is 47.2 Å². The Balaban J connectivity index is 2.42. The van der Waals surface area contributed by atoms with E-state index in [1.807, 2.05) is 61.5 Å². The third kappa shape index (κ3) is 2.63. The minimum atomic E-state index is -4.29. The molecule has 22 heavy (non-hydrogen) atoms. The molecule has 0 bridgehead atoms. The maximum absolute atomic E-state index is 11.9. The van der Waals surface area contributed by atoms with Crippen LogP contribution in [0.3, 0.4) is 0 Å². The number of benzene rings is 3. The summed E-state index contributed by atoms with van der Waals surface area (Å²) in [4.78, 5) is 0.00820. The molecule has 4 heteroatoms. The topological polar surface area (TPSA) is 54.4 Å². The van der Waals surface area contributed by atoms with Crippen molar-refractivity contribution in [2.75, 3.05) is 0 Å². The first-order chi connectivity index (χ1) is 10.5. The first-order valence-corrected chi connectivity index (χ1v) is 8.48. The zero-order chi connectivity index (χ0) is 15.7. The molecule has 3 rings (SSSR count). The fourth-order valence-corrected chi connectivity index (χ4v) is 3.68. The van der Waals surface area contributed by atoms with Gasteiger partial charge < -0.3 is 0 Å². The smallest absolute Gasteiger partial charge is 0.282 e. The second kappa shape index (κ2) is 5.55. The van der Waals surface area contributed by atoms with Crippen molar-refractivity contribution in [3.63, 3.8) is 0 Å². The van der Waals surface area contributed by atoms with Crippen LogP contribution in [-0.4, -0.2) is 13.0 Å². The third-order valence-electron chi connectivity index (χ3n) is 3.75. The first kappa shape index (κ1) is 14.8. The van der Waals surface area contributed by atoms with Crippen LogP contribution in [0, 0.1) is 0 Å². The fraction of sp³-hybridized carbons (Fsp3) is 0.111. The molecule has 0 unspecified atom stereocenters. The van der Waals surface area contributed by atoms with Crippen LogP contribution in [0.25, 0.3) is 21.5 Å². The molecule has 0 aromatic heterocycles. The van der Waals surface area contributed by atoms with Gasteiger partial charge in [-0.25, -0.2) is 0 Å². The molecule has 0 atom stereocenters. The van der Waals surface area contributed by atoms with Crippen molar-refractivity contribution in [2.45, 2.75) is 18.2 Å². The molecule has 0 fully saturated rings. The van der Waals surface area contributed by atoms with Gasteiger partial charge in [0.25, 0.3) is 10.1 Å². The Morgan fingerprint density at radius 1 is 1.00 bits per heavy atom. The van der Waals surface area contributed by atoms with Crippen LogP contribution < -0.4 is 0 Å². The van der Waals surface area contributed by atoms with Crippen LogP contribution in [0.1, 0.15) is 12.5 Å². The molecule has 0 aliphatic heterocycles. The van der Waals surface area contributed by atoms with Crippen molar-refractivity contribution >= 4 is 31.7 Å². The molecule has 0 aliphatic rings. The molecule has 0 amide bonds. The zero-order valence-corrected chi connectivity index (χ0v) is 13.0. The van der Waals surface area contributed by atoms with Gasteiger partial charge in [-0.15, -0.1) is 0 Å². The molecule has 3 aromatic carbocycles. The predicted octanol–water partition coefficient (Wildman–Crippen LogP) is 4.36. The molecule has 0 spiro atoms. The van der Waals surface area contributed by atoms with E-state index in [-0.39, 0.29) is 4.90 Å². The highest BCUT2D eigenvalue weighted by molar-refractivity contribution is 7.86. The van der Waals surface area contributed by atoms with E-state index >= 15 is 0 Å². The highest BCUT2D eigenvalue weighted by Crippen LogP contribution is 2.31. The Morgan fingerprint density at radius 2 is 1.68 bits per heavy atom. The minimum absolute atomic E-state index is 0.00820. The molecule has 0 heterocycles. The predicted molar refractivity (Wildman–Crippen MR) is 89.8 cm³/mol. The molecule has 1 N–H and O–H groups in total. The molecule has 0 radical (unpaired) electrons. The minimum Gasteiger partial charge on any atom is -0.282 e. The van der Waals surface area contributed by atoms with Crippen molar-refractivity contribution in [3.8, 4) is 0 Å². The van der Waals surface area contributed by atoms with Gasteiger partial charge in [0, 0.05) is 5.39 Å². The monoisotopic (exact) mass is 312 g/mol. The summed E-state index contributed by atoms with van der Waals surface area (Å²) in [7, 11) is -4.29. The summed E-state index contributed by atoms with van der Waals surface area (Å²) in [6.45, 7) is 1.88. The van der Waals surface area contributed by atoms with Gasteiger partial charge in [0.15, 0.2) is 0 Å². The molecule has 0 saturated heterocycles. The summed E-state index contributed by atoms with van der Waals surface area (Å²) in [6.07, 6.45) is 4.20. The van der Waals surface area contributed by atoms with Crippen molar-refractivity contribution < 1.29 is 13.0 Å². The highest BCUT2D eigenvalue weighted by Gasteiger charge is 2.19. The summed E-state index contributed by atoms with van der Waals surface area (Å²) in [5.41, 5.74) is 0.600. The lowest BCUT2D eigenvalue weighted by Gasteiger charge is -2.11. The van der Waals surface area contributed by atoms with E-state index in [4.69, 9.17) is 0 Å². The largest absolute Gasteiger partial charge is 0.295 e. The second-order valence-corrected chi connectivity index (χ2v) is 6.58. The number of hydrogen-bond donors (Lipinski definition) is 1. The summed E-state index contributed by atoms with van der Waals surface area (Å²) in [6, 6.07) is 15.2. The van der Waals surface area contributed by atoms with Crippen LogP contribution in [0.5, 0.6) is 0 Å². The van der Waals surface area contributed by atoms with Crippen LogP contribution in [-0.2, 0) is 16.5 Å². The first-order valence-electron chi connectivity index (χ1n) is 7.04. The van der Waals surface area contributed by atoms with Gasteiger partial charge in [0.05, 0.1) is 0 Å². The van der Waals surface area contributed by atoms with Crippen molar-refractivity contribution in [1.82, 2.24) is 0 Å². The van der Waals surface area contributed by atoms with Gasteiger partial charge in [-0.2, -0.15) is 8.42 Å². The van der Waals surface area contributed by atoms with Crippen molar-refractivity contribution in [1.29, 1.82) is 0 Å². The maximum atomic E-state index is 11.9. The van der Waals surface area contributed by atoms with Gasteiger partial charge in [-0.3, -0.25) is 4.55 Å². The number of rotatable bonds is 3. The summed E-state index contributed by atoms with van der Waals surface area (Å²) >= 11 is 0. The van der Waals surface area contributed by atoms with Gasteiger partial charge >= 0.3 is 0 Å². The Hall–Kier alpha value is -2.17. The third-order valence-corrected chi connectivity index (χ3v) is 4.75. The number of hydrogen-bond acceptors (Lipinski definition) is 2. The van der Waals surface area contributed by atoms with Gasteiger partial charge in [0.2, 0.25) is 0 Å². The van der Waals surface area contributed by atoms with E-state index in [1.54, 1.807) is 6.07 Å². The van der Waals surface area contributed by atoms with E-state index in [9.17, 15) is 13.0 Å². The average Bonchev–Trinajstić information content (AvgIpc) is 2.49. The quantitative estimate of drug-likeness (QED) is 0.444. The molecule has 3 aromatic rings. The lowest BCUT2D eigenvalue weighted by molar-refractivity contribution is 0.483. The Kier molecular flexibility index (Phi) is 3.72. The van der Waals surface area contributed by atoms with Crippen LogP contribution in [0.2, 0.25) is 0 Å². The summed E-state index contributed by atoms with van der Waals surface area (Å²) in [5, 5.41) is 3.35. The Bertz CT molecular complexity index is 986. The van der Waals surface area contributed by atoms with Crippen molar-refractivity contribution in [3.05, 3.63) is 66.2 Å². The Labute approximate surface area is 129 Å². The molecular weight excluding hydrogens is 296 g/mol. The Morgan fingerprint density at radius 3 is 2.32 bits per heavy atom. The van der Waals surface area contributed by atoms with Gasteiger partial charge in [0.1, 0.15) is 4.90 Å². The zero-order valence-electron chi connectivity index (χ0n) is 12.2. The van der Waals surface area contributed by atoms with Crippen molar-refractivity contribution in [2.24, 2.45) is 0 Å². The average molecular weight is 312 g/mol. The summed E-state index contributed by atoms with van der Waals surface area (Å²) < 4.78 is 33.5. The second-order valence-electron chi connectivity index (χ2n) is 5.22. The standard InChI is InChI=1S/C18H16O3S/c1-2-3-6-13-9-10-16-11-14-7-4-5-8-15(14)12-17(16)18(13)22(19,20)21/h2-5,7-12H,6H2,1H3,(H,19,20,21). The van der Waals surface area contributed by atoms with Crippen LogP contribution >= 0.6 is 0 Å². The lowest BCUT2D eigenvalue weighted by atomic mass is 10.0. The maximum Gasteiger partial charge on any atom is 0.295 e. The van der Waals surface area contributed by atoms with Crippen LogP contribution in [0.15, 0.2) is 65.6 Å². The normalized spacial score (nSPS) is 12.5. The van der Waals surface area contributed by atoms with E-state index in [0.717, 1.165) is 16.2 Å². The van der Waals surface area contributed by atoms with E-state index in [1.165, 1.54) is 0 Å². The van der Waals surface area contributed by atoms with Gasteiger partial charge in [-0.1, -0.05) is 48.6 Å². The SMILES string of the molecule is CC=CCc1ccc2cc3ccccc3cc2c1S(=O)(=O)O. The number of fused-ring (bicyclic) bond motifs is 2. The van der Waals surface area contributed by atoms with E-state index in [2.05, 4.69) is 0 Å². The van der Waals surface area contributed by atoms with E-state index in [0.29, 0.717) is 17.4 Å². The molecule has 3 nitrogen and oxygen atoms in total. The highest BCUT2D eigenvalue weighted by atomic mass is 32.2. The number of allylic oxidation sites excluding steroid dienone is 2. The molecule has 0 saturated carbocycles. The lowest BCUT2D eigenvalue weighted by Crippen LogP contribution is -2.04. The molecular formula is C18H16O3S. The van der Waals surface area contributed by atoms with Crippen LogP contribution in [0.4, 0.5) is 0 Å². The fourth-order valence-electron chi connectivity index (χ4n) is 2.74. The molecule has 0 aliphatic carbocycles. The summed E-state index contributed by atoms with van der Waals surface area (Å²) in [5.74, 6) is 0.